The van der Waals surface area contributed by atoms with Crippen LogP contribution in [0.3, 0.4) is 0 Å². The number of hydrogen-bond donors (Lipinski definition) is 2. The van der Waals surface area contributed by atoms with Crippen LogP contribution in [0, 0.1) is 17.3 Å². The molecule has 0 aliphatic heterocycles. The Bertz CT molecular complexity index is 223. The van der Waals surface area contributed by atoms with E-state index in [1.165, 1.54) is 0 Å². The van der Waals surface area contributed by atoms with Crippen LogP contribution in [0.15, 0.2) is 0 Å². The van der Waals surface area contributed by atoms with E-state index in [2.05, 4.69) is 13.8 Å². The average molecular weight is 212 g/mol. The molecule has 0 saturated heterocycles. The third kappa shape index (κ3) is 1.83. The van der Waals surface area contributed by atoms with Gasteiger partial charge in [-0.15, -0.1) is 0 Å². The van der Waals surface area contributed by atoms with Crippen LogP contribution in [-0.2, 0) is 0 Å². The smallest absolute Gasteiger partial charge is 0.0725 e. The quantitative estimate of drug-likeness (QED) is 0.754. The van der Waals surface area contributed by atoms with Gasteiger partial charge in [0, 0.05) is 5.41 Å². The van der Waals surface area contributed by atoms with Gasteiger partial charge in [0.1, 0.15) is 0 Å². The summed E-state index contributed by atoms with van der Waals surface area (Å²) in [6.07, 6.45) is 6.11. The fourth-order valence-corrected chi connectivity index (χ4v) is 3.24. The third-order valence-corrected chi connectivity index (χ3v) is 4.94. The zero-order chi connectivity index (χ0) is 11.1. The predicted octanol–water partition coefficient (Wildman–Crippen LogP) is 2.34. The number of aliphatic hydroxyl groups excluding tert-OH is 1. The maximum Gasteiger partial charge on any atom is 0.0725 e. The molecule has 0 amide bonds. The molecule has 0 aromatic rings. The van der Waals surface area contributed by atoms with Crippen molar-refractivity contribution in [2.75, 3.05) is 6.61 Å². The van der Waals surface area contributed by atoms with Gasteiger partial charge >= 0.3 is 0 Å². The summed E-state index contributed by atoms with van der Waals surface area (Å²) in [5.41, 5.74) is -0.665. The molecule has 15 heavy (non-hydrogen) atoms. The highest BCUT2D eigenvalue weighted by Crippen LogP contribution is 2.59. The van der Waals surface area contributed by atoms with Gasteiger partial charge in [-0.2, -0.15) is 0 Å². The molecule has 0 atom stereocenters. The SMILES string of the molecule is CC(C)C1CCC(O)(C2(CO)CC2)CC1. The van der Waals surface area contributed by atoms with Crippen molar-refractivity contribution in [2.45, 2.75) is 58.0 Å². The molecule has 2 fully saturated rings. The van der Waals surface area contributed by atoms with E-state index in [4.69, 9.17) is 0 Å². The first-order valence-corrected chi connectivity index (χ1v) is 6.36. The van der Waals surface area contributed by atoms with Gasteiger partial charge in [0.15, 0.2) is 0 Å². The van der Waals surface area contributed by atoms with Gasteiger partial charge < -0.3 is 10.2 Å². The zero-order valence-corrected chi connectivity index (χ0v) is 10.00. The molecule has 2 aliphatic carbocycles. The van der Waals surface area contributed by atoms with Gasteiger partial charge in [0.25, 0.3) is 0 Å². The van der Waals surface area contributed by atoms with Gasteiger partial charge in [-0.1, -0.05) is 13.8 Å². The van der Waals surface area contributed by atoms with E-state index in [0.717, 1.165) is 50.4 Å². The van der Waals surface area contributed by atoms with Crippen molar-refractivity contribution in [1.82, 2.24) is 0 Å². The molecule has 2 aliphatic rings. The van der Waals surface area contributed by atoms with Crippen LogP contribution in [0.4, 0.5) is 0 Å². The number of rotatable bonds is 3. The minimum absolute atomic E-state index is 0.116. The summed E-state index contributed by atoms with van der Waals surface area (Å²) >= 11 is 0. The Hall–Kier alpha value is -0.0800. The molecule has 0 spiro atoms. The second kappa shape index (κ2) is 3.74. The van der Waals surface area contributed by atoms with Gasteiger partial charge in [-0.3, -0.25) is 0 Å². The molecular weight excluding hydrogens is 188 g/mol. The van der Waals surface area contributed by atoms with Gasteiger partial charge in [0.2, 0.25) is 0 Å². The lowest BCUT2D eigenvalue weighted by molar-refractivity contribution is -0.0919. The zero-order valence-electron chi connectivity index (χ0n) is 10.00. The van der Waals surface area contributed by atoms with Crippen molar-refractivity contribution in [3.63, 3.8) is 0 Å². The van der Waals surface area contributed by atoms with Crippen LogP contribution in [0.2, 0.25) is 0 Å². The third-order valence-electron chi connectivity index (χ3n) is 4.94. The molecule has 0 heterocycles. The Morgan fingerprint density at radius 3 is 2.00 bits per heavy atom. The molecular formula is C13H24O2. The van der Waals surface area contributed by atoms with Gasteiger partial charge in [0.05, 0.1) is 12.2 Å². The standard InChI is InChI=1S/C13H24O2/c1-10(2)11-3-5-13(15,6-4-11)12(9-14)7-8-12/h10-11,14-15H,3-9H2,1-2H3. The fourth-order valence-electron chi connectivity index (χ4n) is 3.24. The van der Waals surface area contributed by atoms with E-state index >= 15 is 0 Å². The molecule has 2 N–H and O–H groups in total. The first-order valence-electron chi connectivity index (χ1n) is 6.36. The maximum atomic E-state index is 10.6. The Morgan fingerprint density at radius 1 is 1.13 bits per heavy atom. The average Bonchev–Trinajstić information content (AvgIpc) is 2.99. The fraction of sp³-hybridized carbons (Fsp3) is 1.00. The van der Waals surface area contributed by atoms with Crippen LogP contribution in [-0.4, -0.2) is 22.4 Å². The van der Waals surface area contributed by atoms with Gasteiger partial charge in [-0.25, -0.2) is 0 Å². The second-order valence-corrected chi connectivity index (χ2v) is 6.05. The summed E-state index contributed by atoms with van der Waals surface area (Å²) in [6.45, 7) is 4.72. The maximum absolute atomic E-state index is 10.6. The summed E-state index contributed by atoms with van der Waals surface area (Å²) < 4.78 is 0. The molecule has 0 unspecified atom stereocenters. The molecule has 0 radical (unpaired) electrons. The van der Waals surface area contributed by atoms with Crippen LogP contribution in [0.1, 0.15) is 52.4 Å². The Morgan fingerprint density at radius 2 is 1.67 bits per heavy atom. The van der Waals surface area contributed by atoms with Crippen LogP contribution >= 0.6 is 0 Å². The molecule has 2 saturated carbocycles. The first kappa shape index (κ1) is 11.4. The monoisotopic (exact) mass is 212 g/mol. The summed E-state index contributed by atoms with van der Waals surface area (Å²) in [7, 11) is 0. The molecule has 0 bridgehead atoms. The van der Waals surface area contributed by atoms with Crippen molar-refractivity contribution < 1.29 is 10.2 Å². The van der Waals surface area contributed by atoms with E-state index in [9.17, 15) is 10.2 Å². The number of hydrogen-bond acceptors (Lipinski definition) is 2. The molecule has 0 aromatic heterocycles. The van der Waals surface area contributed by atoms with E-state index in [1.54, 1.807) is 0 Å². The highest BCUT2D eigenvalue weighted by Gasteiger charge is 2.58. The topological polar surface area (TPSA) is 40.5 Å². The molecule has 2 heteroatoms. The Kier molecular flexibility index (Phi) is 2.85. The van der Waals surface area contributed by atoms with Crippen LogP contribution in [0.25, 0.3) is 0 Å². The minimum Gasteiger partial charge on any atom is -0.396 e. The molecule has 88 valence electrons. The van der Waals surface area contributed by atoms with Gasteiger partial charge in [-0.05, 0) is 50.4 Å². The predicted molar refractivity (Wildman–Crippen MR) is 60.5 cm³/mol. The van der Waals surface area contributed by atoms with E-state index < -0.39 is 5.60 Å². The largest absolute Gasteiger partial charge is 0.396 e. The minimum atomic E-state index is -0.548. The second-order valence-electron chi connectivity index (χ2n) is 6.05. The summed E-state index contributed by atoms with van der Waals surface area (Å²) in [4.78, 5) is 0. The summed E-state index contributed by atoms with van der Waals surface area (Å²) in [5, 5.41) is 20.0. The molecule has 2 rings (SSSR count). The van der Waals surface area contributed by atoms with Crippen molar-refractivity contribution in [2.24, 2.45) is 17.3 Å². The lowest BCUT2D eigenvalue weighted by atomic mass is 9.68. The molecule has 0 aromatic carbocycles. The number of aliphatic hydroxyl groups is 2. The highest BCUT2D eigenvalue weighted by molar-refractivity contribution is 5.09. The van der Waals surface area contributed by atoms with Crippen LogP contribution in [0.5, 0.6) is 0 Å². The van der Waals surface area contributed by atoms with Crippen molar-refractivity contribution in [3.8, 4) is 0 Å². The summed E-state index contributed by atoms with van der Waals surface area (Å²) in [5.74, 6) is 1.51. The Balaban J connectivity index is 1.97. The van der Waals surface area contributed by atoms with Crippen molar-refractivity contribution in [1.29, 1.82) is 0 Å². The highest BCUT2D eigenvalue weighted by atomic mass is 16.3. The van der Waals surface area contributed by atoms with E-state index in [-0.39, 0.29) is 12.0 Å². The van der Waals surface area contributed by atoms with Crippen molar-refractivity contribution >= 4 is 0 Å². The first-order chi connectivity index (χ1) is 7.03. The summed E-state index contributed by atoms with van der Waals surface area (Å²) in [6, 6.07) is 0. The molecule has 2 nitrogen and oxygen atoms in total. The van der Waals surface area contributed by atoms with Crippen molar-refractivity contribution in [3.05, 3.63) is 0 Å². The lowest BCUT2D eigenvalue weighted by Gasteiger charge is -2.42. The normalized spacial score (nSPS) is 39.4. The Labute approximate surface area is 92.7 Å². The van der Waals surface area contributed by atoms with Crippen LogP contribution < -0.4 is 0 Å². The van der Waals surface area contributed by atoms with E-state index in [0.29, 0.717) is 0 Å². The van der Waals surface area contributed by atoms with E-state index in [1.807, 2.05) is 0 Å². The lowest BCUT2D eigenvalue weighted by Crippen LogP contribution is -2.45.